The number of esters is 1. The molecule has 1 atom stereocenters. The number of ether oxygens (including phenoxy) is 1. The van der Waals surface area contributed by atoms with Gasteiger partial charge in [-0.2, -0.15) is 44.3 Å². The highest BCUT2D eigenvalue weighted by Crippen LogP contribution is 2.38. The van der Waals surface area contributed by atoms with Crippen molar-refractivity contribution in [3.8, 4) is 0 Å². The SMILES string of the molecule is CCOC(=O)CC1CCC(CNC(C)c2ncc(C(F)(F)F)cc2CN(Cc2cc(C(F)(F)F)cc(C(F)(F)F)c2)c2nnn(C)n2)CC1. The molecule has 2 heterocycles. The van der Waals surface area contributed by atoms with Crippen LogP contribution in [-0.4, -0.2) is 44.3 Å². The summed E-state index contributed by atoms with van der Waals surface area (Å²) >= 11 is 0. The fourth-order valence-corrected chi connectivity index (χ4v) is 5.86. The molecule has 2 aromatic heterocycles. The van der Waals surface area contributed by atoms with Gasteiger partial charge >= 0.3 is 24.5 Å². The Bertz CT molecular complexity index is 1530. The molecule has 3 aromatic rings. The molecule has 4 rings (SSSR count). The number of nitrogens with one attached hydrogen (secondary N) is 1. The van der Waals surface area contributed by atoms with E-state index >= 15 is 0 Å². The molecule has 1 aliphatic rings. The molecule has 1 fully saturated rings. The summed E-state index contributed by atoms with van der Waals surface area (Å²) < 4.78 is 128. The third kappa shape index (κ3) is 10.5. The maximum atomic E-state index is 13.8. The van der Waals surface area contributed by atoms with Crippen molar-refractivity contribution in [2.24, 2.45) is 18.9 Å². The molecule has 18 heteroatoms. The van der Waals surface area contributed by atoms with E-state index in [4.69, 9.17) is 4.74 Å². The number of halogens is 9. The molecule has 1 unspecified atom stereocenters. The minimum atomic E-state index is -5.11. The van der Waals surface area contributed by atoms with Crippen LogP contribution in [0, 0.1) is 11.8 Å². The van der Waals surface area contributed by atoms with Gasteiger partial charge in [0.25, 0.3) is 5.95 Å². The highest BCUT2D eigenvalue weighted by atomic mass is 19.4. The van der Waals surface area contributed by atoms with Gasteiger partial charge < -0.3 is 15.0 Å². The summed E-state index contributed by atoms with van der Waals surface area (Å²) in [6.07, 6.45) is -10.7. The molecule has 0 bridgehead atoms. The van der Waals surface area contributed by atoms with E-state index in [9.17, 15) is 44.3 Å². The van der Waals surface area contributed by atoms with Gasteiger partial charge in [0.15, 0.2) is 0 Å². The quantitative estimate of drug-likeness (QED) is 0.155. The topological polar surface area (TPSA) is 98.1 Å². The van der Waals surface area contributed by atoms with Crippen LogP contribution in [0.3, 0.4) is 0 Å². The van der Waals surface area contributed by atoms with Crippen LogP contribution in [0.15, 0.2) is 30.5 Å². The van der Waals surface area contributed by atoms with Gasteiger partial charge in [0.2, 0.25) is 0 Å². The van der Waals surface area contributed by atoms with E-state index in [1.165, 1.54) is 7.05 Å². The fourth-order valence-electron chi connectivity index (χ4n) is 5.86. The van der Waals surface area contributed by atoms with Crippen molar-refractivity contribution in [2.45, 2.75) is 83.6 Å². The summed E-state index contributed by atoms with van der Waals surface area (Å²) in [7, 11) is 1.37. The summed E-state index contributed by atoms with van der Waals surface area (Å²) in [5.74, 6) is -0.0429. The predicted octanol–water partition coefficient (Wildman–Crippen LogP) is 7.28. The van der Waals surface area contributed by atoms with Crippen molar-refractivity contribution in [1.82, 2.24) is 30.5 Å². The first-order chi connectivity index (χ1) is 22.8. The van der Waals surface area contributed by atoms with Gasteiger partial charge in [0.05, 0.1) is 36.0 Å². The Labute approximate surface area is 276 Å². The van der Waals surface area contributed by atoms with Crippen molar-refractivity contribution < 1.29 is 49.0 Å². The maximum absolute atomic E-state index is 13.8. The van der Waals surface area contributed by atoms with Crippen LogP contribution in [0.25, 0.3) is 0 Å². The maximum Gasteiger partial charge on any atom is 0.417 e. The van der Waals surface area contributed by atoms with Crippen LogP contribution in [0.1, 0.15) is 85.5 Å². The van der Waals surface area contributed by atoms with E-state index in [0.717, 1.165) is 41.4 Å². The lowest BCUT2D eigenvalue weighted by atomic mass is 9.80. The van der Waals surface area contributed by atoms with E-state index in [1.807, 2.05) is 0 Å². The molecule has 0 amide bonds. The number of rotatable bonds is 12. The number of nitrogens with zero attached hydrogens (tertiary/aromatic N) is 6. The first kappa shape index (κ1) is 37.9. The van der Waals surface area contributed by atoms with Crippen LogP contribution in [-0.2, 0) is 48.2 Å². The lowest BCUT2D eigenvalue weighted by molar-refractivity contribution is -0.145. The second-order valence-electron chi connectivity index (χ2n) is 12.1. The molecule has 1 aromatic carbocycles. The molecular formula is C31H36F9N7O2. The summed E-state index contributed by atoms with van der Waals surface area (Å²) in [5, 5.41) is 14.8. The molecule has 0 radical (unpaired) electrons. The van der Waals surface area contributed by atoms with Gasteiger partial charge in [-0.05, 0) is 98.5 Å². The van der Waals surface area contributed by atoms with Gasteiger partial charge in [0.1, 0.15) is 0 Å². The Morgan fingerprint density at radius 2 is 1.51 bits per heavy atom. The van der Waals surface area contributed by atoms with Crippen LogP contribution < -0.4 is 10.2 Å². The largest absolute Gasteiger partial charge is 0.466 e. The first-order valence-electron chi connectivity index (χ1n) is 15.6. The van der Waals surface area contributed by atoms with E-state index in [0.29, 0.717) is 37.9 Å². The summed E-state index contributed by atoms with van der Waals surface area (Å²) in [6, 6.07) is 1.31. The Balaban J connectivity index is 1.60. The number of carbonyl (C=O) groups is 1. The number of hydrogen-bond donors (Lipinski definition) is 1. The van der Waals surface area contributed by atoms with Gasteiger partial charge in [-0.3, -0.25) is 9.78 Å². The molecule has 49 heavy (non-hydrogen) atoms. The molecule has 1 N–H and O–H groups in total. The van der Waals surface area contributed by atoms with Gasteiger partial charge in [0, 0.05) is 31.7 Å². The fraction of sp³-hybridized carbons (Fsp3) is 0.581. The monoisotopic (exact) mass is 709 g/mol. The summed E-state index contributed by atoms with van der Waals surface area (Å²) in [6.45, 7) is 3.15. The number of hydrogen-bond acceptors (Lipinski definition) is 8. The number of aromatic nitrogens is 5. The summed E-state index contributed by atoms with van der Waals surface area (Å²) in [5.41, 5.74) is -4.41. The number of tetrazole rings is 1. The Kier molecular flexibility index (Phi) is 11.8. The first-order valence-corrected chi connectivity index (χ1v) is 15.6. The zero-order valence-electron chi connectivity index (χ0n) is 26.9. The third-order valence-corrected chi connectivity index (χ3v) is 8.34. The standard InChI is InChI=1S/C31H36F9N7O2/c1-4-49-26(48)11-19-5-7-20(8-6-19)14-41-18(2)27-22(12-25(15-42-27)31(38,39)40)17-47(28-43-45-46(3)44-28)16-21-9-23(29(32,33)34)13-24(10-21)30(35,36)37/h9-10,12-13,15,18-20,41H,4-8,11,14,16-17H2,1-3H3. The minimum absolute atomic E-state index is 0.00319. The Morgan fingerprint density at radius 3 is 2.04 bits per heavy atom. The van der Waals surface area contributed by atoms with E-state index < -0.39 is 59.9 Å². The average molecular weight is 710 g/mol. The van der Waals surface area contributed by atoms with Crippen molar-refractivity contribution >= 4 is 11.9 Å². The number of carbonyl (C=O) groups excluding carboxylic acids is 1. The van der Waals surface area contributed by atoms with Crippen LogP contribution in [0.4, 0.5) is 45.5 Å². The third-order valence-electron chi connectivity index (χ3n) is 8.34. The molecule has 270 valence electrons. The lowest BCUT2D eigenvalue weighted by Crippen LogP contribution is -2.31. The van der Waals surface area contributed by atoms with Crippen LogP contribution in [0.5, 0.6) is 0 Å². The van der Waals surface area contributed by atoms with Gasteiger partial charge in [-0.15, -0.1) is 5.10 Å². The second kappa shape index (κ2) is 15.3. The Morgan fingerprint density at radius 1 is 0.918 bits per heavy atom. The zero-order chi connectivity index (χ0) is 36.1. The van der Waals surface area contributed by atoms with Gasteiger partial charge in [-0.25, -0.2) is 0 Å². The van der Waals surface area contributed by atoms with Crippen LogP contribution in [0.2, 0.25) is 0 Å². The Hall–Kier alpha value is -3.96. The molecule has 1 saturated carbocycles. The smallest absolute Gasteiger partial charge is 0.417 e. The summed E-state index contributed by atoms with van der Waals surface area (Å²) in [4.78, 5) is 18.1. The van der Waals surface area contributed by atoms with Crippen molar-refractivity contribution in [1.29, 1.82) is 0 Å². The molecular weight excluding hydrogens is 673 g/mol. The van der Waals surface area contributed by atoms with E-state index in [1.54, 1.807) is 13.8 Å². The molecule has 0 saturated heterocycles. The second-order valence-corrected chi connectivity index (χ2v) is 12.1. The lowest BCUT2D eigenvalue weighted by Gasteiger charge is -2.30. The number of benzene rings is 1. The minimum Gasteiger partial charge on any atom is -0.466 e. The van der Waals surface area contributed by atoms with Crippen LogP contribution >= 0.6 is 0 Å². The average Bonchev–Trinajstić information content (AvgIpc) is 3.45. The normalized spacial score (nSPS) is 18.0. The number of aryl methyl sites for hydroxylation is 1. The molecule has 1 aliphatic carbocycles. The molecule has 9 nitrogen and oxygen atoms in total. The number of pyridine rings is 1. The predicted molar refractivity (Wildman–Crippen MR) is 157 cm³/mol. The van der Waals surface area contributed by atoms with Gasteiger partial charge in [-0.1, -0.05) is 5.10 Å². The van der Waals surface area contributed by atoms with Crippen molar-refractivity contribution in [3.63, 3.8) is 0 Å². The highest BCUT2D eigenvalue weighted by Gasteiger charge is 2.37. The molecule has 0 aliphatic heterocycles. The van der Waals surface area contributed by atoms with E-state index in [2.05, 4.69) is 25.7 Å². The van der Waals surface area contributed by atoms with Crippen molar-refractivity contribution in [3.05, 3.63) is 64.0 Å². The zero-order valence-corrected chi connectivity index (χ0v) is 26.9. The molecule has 0 spiro atoms. The number of anilines is 1. The van der Waals surface area contributed by atoms with E-state index in [-0.39, 0.29) is 41.1 Å². The highest BCUT2D eigenvalue weighted by molar-refractivity contribution is 5.69. The van der Waals surface area contributed by atoms with Crippen molar-refractivity contribution in [2.75, 3.05) is 18.1 Å². The number of alkyl halides is 9.